The van der Waals surface area contributed by atoms with Crippen molar-refractivity contribution in [3.05, 3.63) is 92.2 Å². The molecule has 0 aliphatic carbocycles. The molecule has 4 heteroatoms. The number of rotatable bonds is 4. The number of aliphatic hydroxyl groups excluding tert-OH is 1. The van der Waals surface area contributed by atoms with Gasteiger partial charge in [-0.1, -0.05) is 79.2 Å². The fourth-order valence-corrected chi connectivity index (χ4v) is 5.59. The Labute approximate surface area is 205 Å². The molecule has 0 saturated heterocycles. The molecular formula is C27H24Br2OS. The van der Waals surface area contributed by atoms with Gasteiger partial charge in [0.25, 0.3) is 0 Å². The molecule has 158 valence electrons. The zero-order chi connectivity index (χ0) is 22.2. The molecule has 3 aromatic carbocycles. The number of hydrogen-bond donors (Lipinski definition) is 1. The van der Waals surface area contributed by atoms with Gasteiger partial charge in [-0.2, -0.15) is 0 Å². The fraction of sp³-hybridized carbons (Fsp3) is 0.185. The van der Waals surface area contributed by atoms with Crippen LogP contribution in [0.4, 0.5) is 0 Å². The molecule has 0 aliphatic rings. The Kier molecular flexibility index (Phi) is 6.55. The van der Waals surface area contributed by atoms with E-state index < -0.39 is 0 Å². The average Bonchev–Trinajstić information content (AvgIpc) is 3.28. The van der Waals surface area contributed by atoms with E-state index in [0.717, 1.165) is 42.3 Å². The highest BCUT2D eigenvalue weighted by Crippen LogP contribution is 2.45. The standard InChI is InChI=1S/C27H24Br2OS/c1-27(2,3)19-10-6-18(7-11-19)25-21(17-8-12-20(28)13-9-17)15-22(24-5-4-14-31-24)26(29)23(25)16-30/h4-15,30H,16H2,1-3H3. The van der Waals surface area contributed by atoms with Crippen molar-refractivity contribution in [3.63, 3.8) is 0 Å². The number of aliphatic hydroxyl groups is 1. The molecule has 0 aliphatic heterocycles. The molecule has 4 rings (SSSR count). The second kappa shape index (κ2) is 9.03. The third-order valence-corrected chi connectivity index (χ3v) is 7.84. The van der Waals surface area contributed by atoms with Gasteiger partial charge in [0.15, 0.2) is 0 Å². The van der Waals surface area contributed by atoms with Crippen LogP contribution in [0.5, 0.6) is 0 Å². The van der Waals surface area contributed by atoms with Crippen molar-refractivity contribution >= 4 is 43.2 Å². The Morgan fingerprint density at radius 1 is 0.839 bits per heavy atom. The van der Waals surface area contributed by atoms with Crippen LogP contribution in [0.3, 0.4) is 0 Å². The Morgan fingerprint density at radius 2 is 1.48 bits per heavy atom. The molecule has 0 radical (unpaired) electrons. The predicted molar refractivity (Wildman–Crippen MR) is 141 cm³/mol. The monoisotopic (exact) mass is 554 g/mol. The highest BCUT2D eigenvalue weighted by molar-refractivity contribution is 9.10. The van der Waals surface area contributed by atoms with E-state index in [1.807, 2.05) is 0 Å². The summed E-state index contributed by atoms with van der Waals surface area (Å²) < 4.78 is 2.00. The van der Waals surface area contributed by atoms with Gasteiger partial charge in [-0.25, -0.2) is 0 Å². The molecule has 31 heavy (non-hydrogen) atoms. The molecular weight excluding hydrogens is 532 g/mol. The zero-order valence-electron chi connectivity index (χ0n) is 17.7. The van der Waals surface area contributed by atoms with Crippen LogP contribution in [-0.2, 0) is 12.0 Å². The molecule has 1 nitrogen and oxygen atoms in total. The first kappa shape index (κ1) is 22.5. The SMILES string of the molecule is CC(C)(C)c1ccc(-c2c(-c3ccc(Br)cc3)cc(-c3cccs3)c(Br)c2CO)cc1. The first-order valence-corrected chi connectivity index (χ1v) is 12.6. The number of halogens is 2. The molecule has 1 N–H and O–H groups in total. The van der Waals surface area contributed by atoms with Gasteiger partial charge in [0, 0.05) is 24.9 Å². The summed E-state index contributed by atoms with van der Waals surface area (Å²) in [5.41, 5.74) is 7.81. The van der Waals surface area contributed by atoms with Crippen molar-refractivity contribution < 1.29 is 5.11 Å². The van der Waals surface area contributed by atoms with Crippen LogP contribution < -0.4 is 0 Å². The maximum absolute atomic E-state index is 10.4. The van der Waals surface area contributed by atoms with Gasteiger partial charge in [0.2, 0.25) is 0 Å². The molecule has 0 amide bonds. The van der Waals surface area contributed by atoms with Gasteiger partial charge in [-0.05, 0) is 78.8 Å². The third-order valence-electron chi connectivity index (χ3n) is 5.50. The fourth-order valence-electron chi connectivity index (χ4n) is 3.80. The minimum absolute atomic E-state index is 0.0420. The third kappa shape index (κ3) is 4.58. The minimum atomic E-state index is -0.0420. The van der Waals surface area contributed by atoms with Crippen molar-refractivity contribution in [3.8, 4) is 32.7 Å². The largest absolute Gasteiger partial charge is 0.392 e. The molecule has 0 unspecified atom stereocenters. The predicted octanol–water partition coefficient (Wildman–Crippen LogP) is 9.06. The van der Waals surface area contributed by atoms with E-state index in [0.29, 0.717) is 0 Å². The number of hydrogen-bond acceptors (Lipinski definition) is 2. The van der Waals surface area contributed by atoms with Gasteiger partial charge in [0.05, 0.1) is 6.61 Å². The van der Waals surface area contributed by atoms with Crippen molar-refractivity contribution in [2.24, 2.45) is 0 Å². The zero-order valence-corrected chi connectivity index (χ0v) is 21.7. The number of benzene rings is 3. The number of thiophene rings is 1. The topological polar surface area (TPSA) is 20.2 Å². The Hall–Kier alpha value is -1.72. The van der Waals surface area contributed by atoms with E-state index in [1.54, 1.807) is 11.3 Å². The molecule has 4 aromatic rings. The molecule has 1 aromatic heterocycles. The van der Waals surface area contributed by atoms with Crippen molar-refractivity contribution in [1.82, 2.24) is 0 Å². The first-order valence-electron chi connectivity index (χ1n) is 10.2. The maximum Gasteiger partial charge on any atom is 0.0699 e. The summed E-state index contributed by atoms with van der Waals surface area (Å²) in [6, 6.07) is 23.5. The highest BCUT2D eigenvalue weighted by Gasteiger charge is 2.21. The second-order valence-corrected chi connectivity index (χ2v) is 11.3. The lowest BCUT2D eigenvalue weighted by atomic mass is 9.84. The Balaban J connectivity index is 2.00. The van der Waals surface area contributed by atoms with Crippen LogP contribution in [0, 0.1) is 0 Å². The molecule has 0 saturated carbocycles. The lowest BCUT2D eigenvalue weighted by Gasteiger charge is -2.22. The van der Waals surface area contributed by atoms with Crippen LogP contribution in [0.25, 0.3) is 32.7 Å². The van der Waals surface area contributed by atoms with Crippen LogP contribution >= 0.6 is 43.2 Å². The molecule has 0 spiro atoms. The lowest BCUT2D eigenvalue weighted by Crippen LogP contribution is -2.10. The van der Waals surface area contributed by atoms with Crippen LogP contribution in [0.2, 0.25) is 0 Å². The molecule has 1 heterocycles. The summed E-state index contributed by atoms with van der Waals surface area (Å²) in [5, 5.41) is 12.5. The molecule has 0 bridgehead atoms. The quantitative estimate of drug-likeness (QED) is 0.266. The Morgan fingerprint density at radius 3 is 2.03 bits per heavy atom. The minimum Gasteiger partial charge on any atom is -0.392 e. The summed E-state index contributed by atoms with van der Waals surface area (Å²) >= 11 is 9.07. The van der Waals surface area contributed by atoms with Gasteiger partial charge in [-0.15, -0.1) is 11.3 Å². The van der Waals surface area contributed by atoms with Crippen molar-refractivity contribution in [2.45, 2.75) is 32.8 Å². The van der Waals surface area contributed by atoms with Gasteiger partial charge in [-0.3, -0.25) is 0 Å². The van der Waals surface area contributed by atoms with Crippen LogP contribution in [-0.4, -0.2) is 5.11 Å². The van der Waals surface area contributed by atoms with Crippen molar-refractivity contribution in [2.75, 3.05) is 0 Å². The Bertz CT molecular complexity index is 1190. The average molecular weight is 556 g/mol. The van der Waals surface area contributed by atoms with Crippen molar-refractivity contribution in [1.29, 1.82) is 0 Å². The second-order valence-electron chi connectivity index (χ2n) is 8.61. The van der Waals surface area contributed by atoms with Gasteiger partial charge >= 0.3 is 0 Å². The summed E-state index contributed by atoms with van der Waals surface area (Å²) in [5.74, 6) is 0. The van der Waals surface area contributed by atoms with E-state index in [2.05, 4.69) is 125 Å². The first-order chi connectivity index (χ1) is 14.8. The maximum atomic E-state index is 10.4. The van der Waals surface area contributed by atoms with E-state index in [9.17, 15) is 5.11 Å². The van der Waals surface area contributed by atoms with E-state index >= 15 is 0 Å². The summed E-state index contributed by atoms with van der Waals surface area (Å²) in [6.07, 6.45) is 0. The van der Waals surface area contributed by atoms with Crippen LogP contribution in [0.1, 0.15) is 31.9 Å². The van der Waals surface area contributed by atoms with E-state index in [1.165, 1.54) is 10.4 Å². The van der Waals surface area contributed by atoms with Crippen LogP contribution in [0.15, 0.2) is 81.1 Å². The summed E-state index contributed by atoms with van der Waals surface area (Å²) in [6.45, 7) is 6.63. The van der Waals surface area contributed by atoms with Gasteiger partial charge in [0.1, 0.15) is 0 Å². The smallest absolute Gasteiger partial charge is 0.0699 e. The normalized spacial score (nSPS) is 11.7. The summed E-state index contributed by atoms with van der Waals surface area (Å²) in [7, 11) is 0. The highest BCUT2D eigenvalue weighted by atomic mass is 79.9. The molecule has 0 fully saturated rings. The van der Waals surface area contributed by atoms with E-state index in [4.69, 9.17) is 0 Å². The lowest BCUT2D eigenvalue weighted by molar-refractivity contribution is 0.281. The molecule has 0 atom stereocenters. The van der Waals surface area contributed by atoms with Gasteiger partial charge < -0.3 is 5.11 Å². The summed E-state index contributed by atoms with van der Waals surface area (Å²) in [4.78, 5) is 1.18. The van der Waals surface area contributed by atoms with E-state index in [-0.39, 0.29) is 12.0 Å².